The molecule has 1 aliphatic rings. The van der Waals surface area contributed by atoms with Gasteiger partial charge in [0.05, 0.1) is 0 Å². The second-order valence-electron chi connectivity index (χ2n) is 6.91. The summed E-state index contributed by atoms with van der Waals surface area (Å²) in [4.78, 5) is 15.5. The minimum Gasteiger partial charge on any atom is -0.480 e. The largest absolute Gasteiger partial charge is 0.480 e. The van der Waals surface area contributed by atoms with Gasteiger partial charge < -0.3 is 10.8 Å². The highest BCUT2D eigenvalue weighted by molar-refractivity contribution is 5.88. The third-order valence-electron chi connectivity index (χ3n) is 4.96. The fourth-order valence-electron chi connectivity index (χ4n) is 3.32. The third kappa shape index (κ3) is 6.46. The summed E-state index contributed by atoms with van der Waals surface area (Å²) in [6.45, 7) is 2.59. The van der Waals surface area contributed by atoms with E-state index in [4.69, 9.17) is 10.8 Å². The number of aliphatic imine (C=N–C) groups is 1. The van der Waals surface area contributed by atoms with E-state index in [-0.39, 0.29) is 12.8 Å². The summed E-state index contributed by atoms with van der Waals surface area (Å²) in [7, 11) is 0. The molecule has 0 bridgehead atoms. The average Bonchev–Trinajstić information content (AvgIpc) is 2.98. The maximum Gasteiger partial charge on any atom is 0.329 e. The zero-order valence-corrected chi connectivity index (χ0v) is 14.8. The number of hydrogen-bond acceptors (Lipinski definition) is 3. The van der Waals surface area contributed by atoms with E-state index in [0.29, 0.717) is 12.5 Å². The van der Waals surface area contributed by atoms with Gasteiger partial charge in [0.2, 0.25) is 0 Å². The van der Waals surface area contributed by atoms with Gasteiger partial charge in [-0.15, -0.1) is 0 Å². The lowest BCUT2D eigenvalue weighted by Crippen LogP contribution is -2.54. The second kappa shape index (κ2) is 10.7. The van der Waals surface area contributed by atoms with Crippen LogP contribution in [-0.2, 0) is 4.79 Å². The van der Waals surface area contributed by atoms with Crippen LogP contribution >= 0.6 is 0 Å². The van der Waals surface area contributed by atoms with Crippen LogP contribution in [0, 0.1) is 5.92 Å². The van der Waals surface area contributed by atoms with Crippen molar-refractivity contribution in [1.29, 1.82) is 0 Å². The number of nitrogens with two attached hydrogens (primary N) is 1. The fourth-order valence-corrected chi connectivity index (χ4v) is 3.32. The van der Waals surface area contributed by atoms with Crippen LogP contribution in [0.2, 0.25) is 0 Å². The Hall–Kier alpha value is -1.04. The monoisotopic (exact) mass is 346 g/mol. The van der Waals surface area contributed by atoms with Gasteiger partial charge in [0.1, 0.15) is 0 Å². The first-order chi connectivity index (χ1) is 11.4. The van der Waals surface area contributed by atoms with Gasteiger partial charge in [-0.25, -0.2) is 13.6 Å². The minimum absolute atomic E-state index is 0.252. The molecule has 0 aromatic carbocycles. The number of rotatable bonds is 12. The van der Waals surface area contributed by atoms with Crippen molar-refractivity contribution >= 4 is 11.7 Å². The van der Waals surface area contributed by atoms with E-state index in [2.05, 4.69) is 11.9 Å². The molecule has 2 atom stereocenters. The van der Waals surface area contributed by atoms with Crippen LogP contribution in [0.15, 0.2) is 4.99 Å². The van der Waals surface area contributed by atoms with Gasteiger partial charge in [0.15, 0.2) is 5.54 Å². The van der Waals surface area contributed by atoms with E-state index >= 15 is 0 Å². The predicted octanol–water partition coefficient (Wildman–Crippen LogP) is 4.42. The molecule has 1 fully saturated rings. The van der Waals surface area contributed by atoms with E-state index in [1.807, 2.05) is 0 Å². The molecule has 1 rings (SSSR count). The van der Waals surface area contributed by atoms with Crippen LogP contribution in [-0.4, -0.2) is 35.3 Å². The molecule has 0 radical (unpaired) electrons. The number of carbonyl (C=O) groups is 1. The number of hydrogen-bond donors (Lipinski definition) is 2. The molecule has 0 heterocycles. The summed E-state index contributed by atoms with van der Waals surface area (Å²) in [5.74, 6) is -1.11. The van der Waals surface area contributed by atoms with Crippen molar-refractivity contribution in [3.63, 3.8) is 0 Å². The van der Waals surface area contributed by atoms with Crippen LogP contribution in [0.4, 0.5) is 8.78 Å². The predicted molar refractivity (Wildman–Crippen MR) is 92.8 cm³/mol. The second-order valence-corrected chi connectivity index (χ2v) is 6.91. The van der Waals surface area contributed by atoms with Crippen molar-refractivity contribution < 1.29 is 18.7 Å². The Balaban J connectivity index is 2.36. The van der Waals surface area contributed by atoms with Gasteiger partial charge >= 0.3 is 5.97 Å². The van der Waals surface area contributed by atoms with Gasteiger partial charge in [-0.1, -0.05) is 39.0 Å². The summed E-state index contributed by atoms with van der Waals surface area (Å²) < 4.78 is 25.6. The summed E-state index contributed by atoms with van der Waals surface area (Å²) in [5, 5.41) is 8.87. The average molecular weight is 346 g/mol. The summed E-state index contributed by atoms with van der Waals surface area (Å²) in [5.41, 5.74) is 4.06. The molecule has 1 aliphatic carbocycles. The molecule has 0 saturated heterocycles. The van der Waals surface area contributed by atoms with Crippen molar-refractivity contribution in [2.75, 3.05) is 6.54 Å². The smallest absolute Gasteiger partial charge is 0.329 e. The van der Waals surface area contributed by atoms with E-state index in [9.17, 15) is 13.6 Å². The quantitative estimate of drug-likeness (QED) is 0.514. The molecule has 0 aliphatic heterocycles. The number of alkyl halides is 2. The van der Waals surface area contributed by atoms with Crippen molar-refractivity contribution in [1.82, 2.24) is 0 Å². The molecule has 4 nitrogen and oxygen atoms in total. The number of carboxylic acids is 1. The van der Waals surface area contributed by atoms with Gasteiger partial charge in [-0.05, 0) is 44.4 Å². The highest BCUT2D eigenvalue weighted by Gasteiger charge is 2.43. The standard InChI is InChI=1S/C18H32F2N2O2/c1-2-3-4-5-6-9-14-10-7-11-15(14)22-13-8-12-18(21,16(19)20)17(23)24/h14,16H,2-13,21H2,1H3,(H,23,24)/b22-15+. The molecule has 0 spiro atoms. The first-order valence-electron chi connectivity index (χ1n) is 9.25. The van der Waals surface area contributed by atoms with Crippen LogP contribution < -0.4 is 5.73 Å². The molecule has 0 amide bonds. The van der Waals surface area contributed by atoms with Crippen LogP contribution in [0.25, 0.3) is 0 Å². The Labute approximate surface area is 143 Å². The summed E-state index contributed by atoms with van der Waals surface area (Å²) in [6.07, 6.45) is 7.73. The van der Waals surface area contributed by atoms with Crippen LogP contribution in [0.3, 0.4) is 0 Å². The maximum absolute atomic E-state index is 12.8. The Bertz CT molecular complexity index is 416. The van der Waals surface area contributed by atoms with E-state index in [0.717, 1.165) is 19.3 Å². The summed E-state index contributed by atoms with van der Waals surface area (Å²) in [6, 6.07) is 0. The summed E-state index contributed by atoms with van der Waals surface area (Å²) >= 11 is 0. The number of nitrogens with zero attached hydrogens (tertiary/aromatic N) is 1. The van der Waals surface area contributed by atoms with E-state index in [1.165, 1.54) is 44.2 Å². The first-order valence-corrected chi connectivity index (χ1v) is 9.25. The minimum atomic E-state index is -3.06. The SMILES string of the molecule is CCCCCCCC1CCC/C1=N\CCCC(N)(C(=O)O)C(F)F. The highest BCUT2D eigenvalue weighted by Crippen LogP contribution is 2.28. The van der Waals surface area contributed by atoms with Gasteiger partial charge in [0, 0.05) is 12.3 Å². The Kier molecular flexibility index (Phi) is 9.41. The van der Waals surface area contributed by atoms with E-state index < -0.39 is 17.9 Å². The Morgan fingerprint density at radius 3 is 2.67 bits per heavy atom. The zero-order chi connectivity index (χ0) is 18.0. The van der Waals surface area contributed by atoms with Gasteiger partial charge in [-0.3, -0.25) is 4.99 Å². The lowest BCUT2D eigenvalue weighted by molar-refractivity contribution is -0.150. The van der Waals surface area contributed by atoms with Crippen LogP contribution in [0.1, 0.15) is 77.6 Å². The van der Waals surface area contributed by atoms with Crippen molar-refractivity contribution in [3.05, 3.63) is 0 Å². The topological polar surface area (TPSA) is 75.7 Å². The molecule has 0 aromatic heterocycles. The number of unbranched alkanes of at least 4 members (excludes halogenated alkanes) is 4. The van der Waals surface area contributed by atoms with E-state index in [1.54, 1.807) is 0 Å². The lowest BCUT2D eigenvalue weighted by Gasteiger charge is -2.23. The molecule has 140 valence electrons. The van der Waals surface area contributed by atoms with Crippen molar-refractivity contribution in [2.24, 2.45) is 16.6 Å². The number of halogens is 2. The molecule has 6 heteroatoms. The zero-order valence-electron chi connectivity index (χ0n) is 14.8. The van der Waals surface area contributed by atoms with Crippen LogP contribution in [0.5, 0.6) is 0 Å². The number of aliphatic carboxylic acids is 1. The van der Waals surface area contributed by atoms with Gasteiger partial charge in [0.25, 0.3) is 6.43 Å². The van der Waals surface area contributed by atoms with Crippen molar-refractivity contribution in [3.8, 4) is 0 Å². The number of carboxylic acid groups (broad SMARTS) is 1. The highest BCUT2D eigenvalue weighted by atomic mass is 19.3. The molecule has 1 saturated carbocycles. The third-order valence-corrected chi connectivity index (χ3v) is 4.96. The Morgan fingerprint density at radius 1 is 1.33 bits per heavy atom. The normalized spacial score (nSPS) is 22.2. The fraction of sp³-hybridized carbons (Fsp3) is 0.889. The molecule has 24 heavy (non-hydrogen) atoms. The van der Waals surface area contributed by atoms with Gasteiger partial charge in [-0.2, -0.15) is 0 Å². The molecule has 3 N–H and O–H groups in total. The maximum atomic E-state index is 12.8. The molecular weight excluding hydrogens is 314 g/mol. The lowest BCUT2D eigenvalue weighted by atomic mass is 9.95. The molecular formula is C18H32F2N2O2. The molecule has 0 aromatic rings. The van der Waals surface area contributed by atoms with Crippen molar-refractivity contribution in [2.45, 2.75) is 89.5 Å². The Morgan fingerprint density at radius 2 is 2.04 bits per heavy atom. The molecule has 2 unspecified atom stereocenters. The first kappa shape index (κ1) is 21.0.